The second kappa shape index (κ2) is 6.72. The topological polar surface area (TPSA) is 80.2 Å². The van der Waals surface area contributed by atoms with Gasteiger partial charge < -0.3 is 15.0 Å². The number of carbonyl (C=O) groups excluding carboxylic acids is 1. The van der Waals surface area contributed by atoms with Crippen LogP contribution in [0.5, 0.6) is 0 Å². The molecule has 128 valence electrons. The van der Waals surface area contributed by atoms with Gasteiger partial charge >= 0.3 is 6.09 Å². The van der Waals surface area contributed by atoms with Crippen molar-refractivity contribution in [1.82, 2.24) is 20.1 Å². The van der Waals surface area contributed by atoms with Crippen LogP contribution in [0.15, 0.2) is 24.4 Å². The first-order chi connectivity index (χ1) is 11.4. The van der Waals surface area contributed by atoms with Crippen molar-refractivity contribution in [1.29, 1.82) is 0 Å². The third kappa shape index (κ3) is 4.19. The van der Waals surface area contributed by atoms with E-state index in [2.05, 4.69) is 20.5 Å². The van der Waals surface area contributed by atoms with Crippen LogP contribution in [0.4, 0.5) is 9.93 Å². The number of carbonyl (C=O) groups is 1. The summed E-state index contributed by atoms with van der Waals surface area (Å²) < 4.78 is 5.41. The van der Waals surface area contributed by atoms with Crippen LogP contribution in [0.25, 0.3) is 10.7 Å². The van der Waals surface area contributed by atoms with Gasteiger partial charge in [-0.1, -0.05) is 17.4 Å². The quantitative estimate of drug-likeness (QED) is 0.919. The predicted octanol–water partition coefficient (Wildman–Crippen LogP) is 3.02. The Bertz CT molecular complexity index is 698. The Morgan fingerprint density at radius 3 is 2.92 bits per heavy atom. The summed E-state index contributed by atoms with van der Waals surface area (Å²) >= 11 is 1.46. The molecule has 1 atom stereocenters. The smallest absolute Gasteiger partial charge is 0.410 e. The predicted molar refractivity (Wildman–Crippen MR) is 93.0 cm³/mol. The lowest BCUT2D eigenvalue weighted by molar-refractivity contribution is 0.0293. The van der Waals surface area contributed by atoms with E-state index in [1.165, 1.54) is 11.3 Å². The lowest BCUT2D eigenvalue weighted by Crippen LogP contribution is -2.36. The van der Waals surface area contributed by atoms with Crippen LogP contribution in [0.2, 0.25) is 0 Å². The molecule has 3 heterocycles. The van der Waals surface area contributed by atoms with Crippen molar-refractivity contribution in [2.75, 3.05) is 18.4 Å². The normalized spacial score (nSPS) is 17.8. The number of pyridine rings is 1. The van der Waals surface area contributed by atoms with Gasteiger partial charge in [0.1, 0.15) is 11.3 Å². The van der Waals surface area contributed by atoms with E-state index >= 15 is 0 Å². The zero-order valence-corrected chi connectivity index (χ0v) is 14.8. The molecule has 1 saturated heterocycles. The summed E-state index contributed by atoms with van der Waals surface area (Å²) in [6.07, 6.45) is 2.33. The molecule has 1 amide bonds. The van der Waals surface area contributed by atoms with E-state index in [4.69, 9.17) is 4.74 Å². The highest BCUT2D eigenvalue weighted by Crippen LogP contribution is 2.26. The largest absolute Gasteiger partial charge is 0.444 e. The molecule has 3 rings (SSSR count). The maximum atomic E-state index is 12.1. The van der Waals surface area contributed by atoms with Gasteiger partial charge in [0.15, 0.2) is 5.01 Å². The third-order valence-corrected chi connectivity index (χ3v) is 4.35. The van der Waals surface area contributed by atoms with Crippen LogP contribution in [-0.2, 0) is 4.74 Å². The van der Waals surface area contributed by atoms with Gasteiger partial charge in [0.2, 0.25) is 5.13 Å². The van der Waals surface area contributed by atoms with Crippen molar-refractivity contribution in [2.24, 2.45) is 0 Å². The highest BCUT2D eigenvalue weighted by atomic mass is 32.1. The number of anilines is 1. The summed E-state index contributed by atoms with van der Waals surface area (Å²) in [6, 6.07) is 5.85. The Morgan fingerprint density at radius 1 is 1.38 bits per heavy atom. The molecule has 1 aliphatic rings. The first-order valence-electron chi connectivity index (χ1n) is 7.90. The first kappa shape index (κ1) is 16.6. The number of likely N-dealkylation sites (tertiary alicyclic amines) is 1. The molecule has 1 fully saturated rings. The number of hydrogen-bond acceptors (Lipinski definition) is 7. The van der Waals surface area contributed by atoms with Crippen LogP contribution < -0.4 is 5.32 Å². The summed E-state index contributed by atoms with van der Waals surface area (Å²) in [7, 11) is 0. The van der Waals surface area contributed by atoms with Gasteiger partial charge in [-0.3, -0.25) is 4.98 Å². The molecule has 8 heteroatoms. The average Bonchev–Trinajstić information content (AvgIpc) is 3.16. The van der Waals surface area contributed by atoms with E-state index in [-0.39, 0.29) is 12.1 Å². The van der Waals surface area contributed by atoms with Crippen molar-refractivity contribution < 1.29 is 9.53 Å². The summed E-state index contributed by atoms with van der Waals surface area (Å²) in [6.45, 7) is 6.90. The molecule has 0 aromatic carbocycles. The lowest BCUT2D eigenvalue weighted by atomic mass is 10.2. The second-order valence-electron chi connectivity index (χ2n) is 6.68. The zero-order chi connectivity index (χ0) is 17.2. The Hall–Kier alpha value is -2.22. The van der Waals surface area contributed by atoms with Crippen LogP contribution in [0, 0.1) is 0 Å². The summed E-state index contributed by atoms with van der Waals surface area (Å²) in [4.78, 5) is 18.1. The van der Waals surface area contributed by atoms with Crippen molar-refractivity contribution in [2.45, 2.75) is 38.8 Å². The molecule has 0 bridgehead atoms. The molecule has 2 aromatic heterocycles. The fourth-order valence-electron chi connectivity index (χ4n) is 2.42. The fourth-order valence-corrected chi connectivity index (χ4v) is 3.22. The number of rotatable bonds is 3. The molecule has 0 aliphatic carbocycles. The van der Waals surface area contributed by atoms with Crippen molar-refractivity contribution in [3.05, 3.63) is 24.4 Å². The minimum atomic E-state index is -0.473. The number of hydrogen-bond donors (Lipinski definition) is 1. The van der Waals surface area contributed by atoms with E-state index in [9.17, 15) is 4.79 Å². The molecule has 0 saturated carbocycles. The van der Waals surface area contributed by atoms with E-state index < -0.39 is 5.60 Å². The maximum Gasteiger partial charge on any atom is 0.410 e. The second-order valence-corrected chi connectivity index (χ2v) is 7.66. The monoisotopic (exact) mass is 347 g/mol. The molecule has 0 radical (unpaired) electrons. The fraction of sp³-hybridized carbons (Fsp3) is 0.500. The van der Waals surface area contributed by atoms with Gasteiger partial charge in [0.25, 0.3) is 0 Å². The molecule has 1 unspecified atom stereocenters. The summed E-state index contributed by atoms with van der Waals surface area (Å²) in [5, 5.41) is 13.2. The SMILES string of the molecule is CC(C)(C)OC(=O)N1CCC(Nc2nnc(-c3ccccn3)s2)C1. The molecular formula is C16H21N5O2S. The highest BCUT2D eigenvalue weighted by molar-refractivity contribution is 7.18. The minimum absolute atomic E-state index is 0.155. The number of nitrogens with zero attached hydrogens (tertiary/aromatic N) is 4. The zero-order valence-electron chi connectivity index (χ0n) is 14.0. The van der Waals surface area contributed by atoms with Crippen LogP contribution in [0.1, 0.15) is 27.2 Å². The van der Waals surface area contributed by atoms with E-state index in [0.717, 1.165) is 22.3 Å². The van der Waals surface area contributed by atoms with Gasteiger partial charge in [0.05, 0.1) is 0 Å². The van der Waals surface area contributed by atoms with Gasteiger partial charge in [-0.25, -0.2) is 4.79 Å². The van der Waals surface area contributed by atoms with E-state index in [1.54, 1.807) is 11.1 Å². The van der Waals surface area contributed by atoms with Crippen molar-refractivity contribution in [3.8, 4) is 10.7 Å². The maximum absolute atomic E-state index is 12.1. The van der Waals surface area contributed by atoms with Gasteiger partial charge in [0, 0.05) is 25.3 Å². The number of aromatic nitrogens is 3. The molecule has 2 aromatic rings. The molecule has 24 heavy (non-hydrogen) atoms. The molecule has 7 nitrogen and oxygen atoms in total. The summed E-state index contributed by atoms with van der Waals surface area (Å²) in [5.41, 5.74) is 0.337. The van der Waals surface area contributed by atoms with Crippen molar-refractivity contribution >= 4 is 22.6 Å². The van der Waals surface area contributed by atoms with Crippen molar-refractivity contribution in [3.63, 3.8) is 0 Å². The van der Waals surface area contributed by atoms with Crippen LogP contribution in [-0.4, -0.2) is 50.9 Å². The molecular weight excluding hydrogens is 326 g/mol. The number of nitrogens with one attached hydrogen (secondary N) is 1. The van der Waals surface area contributed by atoms with Gasteiger partial charge in [-0.2, -0.15) is 0 Å². The summed E-state index contributed by atoms with van der Waals surface area (Å²) in [5.74, 6) is 0. The Kier molecular flexibility index (Phi) is 4.66. The first-order valence-corrected chi connectivity index (χ1v) is 8.72. The highest BCUT2D eigenvalue weighted by Gasteiger charge is 2.30. The Labute approximate surface area is 145 Å². The van der Waals surface area contributed by atoms with Crippen LogP contribution >= 0.6 is 11.3 Å². The molecule has 1 aliphatic heterocycles. The van der Waals surface area contributed by atoms with Gasteiger partial charge in [-0.05, 0) is 39.3 Å². The standard InChI is InChI=1S/C16H21N5O2S/c1-16(2,3)23-15(22)21-9-7-11(10-21)18-14-20-19-13(24-14)12-6-4-5-8-17-12/h4-6,8,11H,7,9-10H2,1-3H3,(H,18,20). The van der Waals surface area contributed by atoms with Gasteiger partial charge in [-0.15, -0.1) is 10.2 Å². The molecule has 0 spiro atoms. The minimum Gasteiger partial charge on any atom is -0.444 e. The van der Waals surface area contributed by atoms with Crippen LogP contribution in [0.3, 0.4) is 0 Å². The molecule has 1 N–H and O–H groups in total. The number of amides is 1. The van der Waals surface area contributed by atoms with E-state index in [0.29, 0.717) is 13.1 Å². The third-order valence-electron chi connectivity index (χ3n) is 3.48. The Morgan fingerprint density at radius 2 is 2.21 bits per heavy atom. The van der Waals surface area contributed by atoms with E-state index in [1.807, 2.05) is 39.0 Å². The average molecular weight is 347 g/mol. The Balaban J connectivity index is 1.56. The lowest BCUT2D eigenvalue weighted by Gasteiger charge is -2.24. The number of ether oxygens (including phenoxy) is 1.